The Hall–Kier alpha value is -2.16. The molecule has 0 aliphatic rings. The molecule has 1 heterocycles. The molecule has 1 amide bonds. The van der Waals surface area contributed by atoms with Gasteiger partial charge in [-0.3, -0.25) is 4.79 Å². The van der Waals surface area contributed by atoms with Crippen LogP contribution in [0.5, 0.6) is 5.75 Å². The number of thiophene rings is 1. The first-order chi connectivity index (χ1) is 13.3. The SMILES string of the molecule is CCN(CC)S(=O)(=O)c1ccc(OC(C)C)c(NC(=O)/C=C/c2ccsc2)c1. The average molecular weight is 423 g/mol. The van der Waals surface area contributed by atoms with E-state index in [4.69, 9.17) is 4.74 Å². The molecule has 2 aromatic rings. The molecule has 8 heteroatoms. The van der Waals surface area contributed by atoms with E-state index in [-0.39, 0.29) is 16.9 Å². The Bertz CT molecular complexity index is 916. The number of carbonyl (C=O) groups is 1. The maximum atomic E-state index is 12.8. The number of ether oxygens (including phenoxy) is 1. The number of benzene rings is 1. The van der Waals surface area contributed by atoms with Crippen molar-refractivity contribution in [2.75, 3.05) is 18.4 Å². The molecule has 0 spiro atoms. The summed E-state index contributed by atoms with van der Waals surface area (Å²) in [6.45, 7) is 8.04. The highest BCUT2D eigenvalue weighted by Crippen LogP contribution is 2.30. The van der Waals surface area contributed by atoms with Crippen LogP contribution in [0.25, 0.3) is 6.08 Å². The summed E-state index contributed by atoms with van der Waals surface area (Å²) in [5.74, 6) is 0.0583. The summed E-state index contributed by atoms with van der Waals surface area (Å²) in [6.07, 6.45) is 2.99. The van der Waals surface area contributed by atoms with E-state index in [0.717, 1.165) is 5.56 Å². The number of carbonyl (C=O) groups excluding carboxylic acids is 1. The predicted molar refractivity (Wildman–Crippen MR) is 114 cm³/mol. The molecule has 0 aliphatic heterocycles. The van der Waals surface area contributed by atoms with Crippen LogP contribution in [-0.2, 0) is 14.8 Å². The number of anilines is 1. The summed E-state index contributed by atoms with van der Waals surface area (Å²) in [5.41, 5.74) is 1.25. The summed E-state index contributed by atoms with van der Waals surface area (Å²) in [5, 5.41) is 6.58. The van der Waals surface area contributed by atoms with Crippen molar-refractivity contribution in [1.82, 2.24) is 4.31 Å². The molecule has 1 aromatic carbocycles. The van der Waals surface area contributed by atoms with Gasteiger partial charge >= 0.3 is 0 Å². The third-order valence-electron chi connectivity index (χ3n) is 3.89. The maximum Gasteiger partial charge on any atom is 0.248 e. The molecule has 0 fully saturated rings. The first kappa shape index (κ1) is 22.1. The van der Waals surface area contributed by atoms with E-state index < -0.39 is 10.0 Å². The number of nitrogens with zero attached hydrogens (tertiary/aromatic N) is 1. The van der Waals surface area contributed by atoms with E-state index in [9.17, 15) is 13.2 Å². The van der Waals surface area contributed by atoms with Crippen molar-refractivity contribution in [1.29, 1.82) is 0 Å². The second-order valence-corrected chi connectivity index (χ2v) is 9.01. The second-order valence-electron chi connectivity index (χ2n) is 6.29. The van der Waals surface area contributed by atoms with Crippen LogP contribution in [0.15, 0.2) is 46.0 Å². The first-order valence-electron chi connectivity index (χ1n) is 9.10. The molecule has 1 aromatic heterocycles. The number of amides is 1. The maximum absolute atomic E-state index is 12.8. The van der Waals surface area contributed by atoms with Crippen molar-refractivity contribution < 1.29 is 17.9 Å². The molecule has 0 saturated carbocycles. The van der Waals surface area contributed by atoms with Gasteiger partial charge in [-0.2, -0.15) is 15.6 Å². The van der Waals surface area contributed by atoms with E-state index in [1.807, 2.05) is 30.7 Å². The largest absolute Gasteiger partial charge is 0.489 e. The zero-order chi connectivity index (χ0) is 20.7. The number of rotatable bonds is 9. The van der Waals surface area contributed by atoms with Gasteiger partial charge < -0.3 is 10.1 Å². The fourth-order valence-corrected chi connectivity index (χ4v) is 4.67. The van der Waals surface area contributed by atoms with Gasteiger partial charge in [-0.1, -0.05) is 13.8 Å². The highest BCUT2D eigenvalue weighted by Gasteiger charge is 2.23. The lowest BCUT2D eigenvalue weighted by Crippen LogP contribution is -2.30. The topological polar surface area (TPSA) is 75.7 Å². The minimum absolute atomic E-state index is 0.115. The predicted octanol–water partition coefficient (Wildman–Crippen LogP) is 4.22. The van der Waals surface area contributed by atoms with Gasteiger partial charge in [0.2, 0.25) is 15.9 Å². The third kappa shape index (κ3) is 5.67. The van der Waals surface area contributed by atoms with Crippen molar-refractivity contribution in [3.63, 3.8) is 0 Å². The molecule has 0 unspecified atom stereocenters. The molecule has 0 saturated heterocycles. The minimum atomic E-state index is -3.64. The highest BCUT2D eigenvalue weighted by atomic mass is 32.2. The fraction of sp³-hybridized carbons (Fsp3) is 0.350. The van der Waals surface area contributed by atoms with Crippen LogP contribution in [0.1, 0.15) is 33.3 Å². The Morgan fingerprint density at radius 2 is 1.96 bits per heavy atom. The van der Waals surface area contributed by atoms with Crippen molar-refractivity contribution in [3.05, 3.63) is 46.7 Å². The van der Waals surface area contributed by atoms with E-state index in [1.165, 1.54) is 22.5 Å². The first-order valence-corrected chi connectivity index (χ1v) is 11.5. The smallest absolute Gasteiger partial charge is 0.248 e. The molecular weight excluding hydrogens is 396 g/mol. The van der Waals surface area contributed by atoms with Gasteiger partial charge in [0.05, 0.1) is 16.7 Å². The van der Waals surface area contributed by atoms with Gasteiger partial charge in [-0.25, -0.2) is 8.42 Å². The quantitative estimate of drug-likeness (QED) is 0.614. The number of sulfonamides is 1. The average Bonchev–Trinajstić information content (AvgIpc) is 3.15. The highest BCUT2D eigenvalue weighted by molar-refractivity contribution is 7.89. The molecule has 1 N–H and O–H groups in total. The standard InChI is InChI=1S/C20H26N2O4S2/c1-5-22(6-2)28(24,25)17-8-9-19(26-15(3)4)18(13-17)21-20(23)10-7-16-11-12-27-14-16/h7-15H,5-6H2,1-4H3,(H,21,23)/b10-7+. The third-order valence-corrected chi connectivity index (χ3v) is 6.63. The molecule has 0 atom stereocenters. The monoisotopic (exact) mass is 422 g/mol. The van der Waals surface area contributed by atoms with Crippen LogP contribution in [0.2, 0.25) is 0 Å². The minimum Gasteiger partial charge on any atom is -0.489 e. The Labute approximate surface area is 170 Å². The Morgan fingerprint density at radius 3 is 2.54 bits per heavy atom. The van der Waals surface area contributed by atoms with Gasteiger partial charge in [0.1, 0.15) is 5.75 Å². The summed E-state index contributed by atoms with van der Waals surface area (Å²) in [7, 11) is -3.64. The van der Waals surface area contributed by atoms with E-state index in [0.29, 0.717) is 24.5 Å². The molecule has 28 heavy (non-hydrogen) atoms. The Kier molecular flexibility index (Phi) is 7.79. The molecule has 2 rings (SSSR count). The van der Waals surface area contributed by atoms with Crippen LogP contribution in [0.3, 0.4) is 0 Å². The lowest BCUT2D eigenvalue weighted by atomic mass is 10.2. The summed E-state index contributed by atoms with van der Waals surface area (Å²) in [6, 6.07) is 6.43. The van der Waals surface area contributed by atoms with Gasteiger partial charge in [0, 0.05) is 19.2 Å². The van der Waals surface area contributed by atoms with Gasteiger partial charge in [0.25, 0.3) is 0 Å². The fourth-order valence-electron chi connectivity index (χ4n) is 2.55. The molecule has 0 bridgehead atoms. The molecular formula is C20H26N2O4S2. The second kappa shape index (κ2) is 9.86. The van der Waals surface area contributed by atoms with E-state index in [2.05, 4.69) is 5.32 Å². The number of hydrogen-bond acceptors (Lipinski definition) is 5. The normalized spacial score (nSPS) is 12.1. The molecule has 0 radical (unpaired) electrons. The van der Waals surface area contributed by atoms with E-state index >= 15 is 0 Å². The number of nitrogens with one attached hydrogen (secondary N) is 1. The summed E-state index contributed by atoms with van der Waals surface area (Å²) in [4.78, 5) is 12.5. The van der Waals surface area contributed by atoms with Crippen LogP contribution in [0.4, 0.5) is 5.69 Å². The Balaban J connectivity index is 2.34. The van der Waals surface area contributed by atoms with Crippen LogP contribution >= 0.6 is 11.3 Å². The van der Waals surface area contributed by atoms with E-state index in [1.54, 1.807) is 37.3 Å². The van der Waals surface area contributed by atoms with Crippen LogP contribution in [0, 0.1) is 0 Å². The van der Waals surface area contributed by atoms with Crippen molar-refractivity contribution in [3.8, 4) is 5.75 Å². The van der Waals surface area contributed by atoms with Gasteiger partial charge in [-0.05, 0) is 60.5 Å². The molecule has 152 valence electrons. The van der Waals surface area contributed by atoms with Crippen molar-refractivity contribution in [2.24, 2.45) is 0 Å². The summed E-state index contributed by atoms with van der Waals surface area (Å²) < 4.78 is 32.7. The Morgan fingerprint density at radius 1 is 1.25 bits per heavy atom. The molecule has 0 aliphatic carbocycles. The van der Waals surface area contributed by atoms with Gasteiger partial charge in [0.15, 0.2) is 0 Å². The van der Waals surface area contributed by atoms with Crippen molar-refractivity contribution >= 4 is 39.0 Å². The number of hydrogen-bond donors (Lipinski definition) is 1. The van der Waals surface area contributed by atoms with Crippen molar-refractivity contribution in [2.45, 2.75) is 38.7 Å². The lowest BCUT2D eigenvalue weighted by molar-refractivity contribution is -0.111. The zero-order valence-electron chi connectivity index (χ0n) is 16.5. The molecule has 6 nitrogen and oxygen atoms in total. The van der Waals surface area contributed by atoms with Crippen LogP contribution in [-0.4, -0.2) is 37.8 Å². The van der Waals surface area contributed by atoms with Crippen LogP contribution < -0.4 is 10.1 Å². The lowest BCUT2D eigenvalue weighted by Gasteiger charge is -2.20. The van der Waals surface area contributed by atoms with Gasteiger partial charge in [-0.15, -0.1) is 0 Å². The zero-order valence-corrected chi connectivity index (χ0v) is 18.1. The summed E-state index contributed by atoms with van der Waals surface area (Å²) >= 11 is 1.54.